The highest BCUT2D eigenvalue weighted by molar-refractivity contribution is 7.88. The van der Waals surface area contributed by atoms with Crippen LogP contribution in [0.25, 0.3) is 0 Å². The van der Waals surface area contributed by atoms with E-state index in [1.54, 1.807) is 28.6 Å². The van der Waals surface area contributed by atoms with Crippen LogP contribution in [-0.4, -0.2) is 74.7 Å². The van der Waals surface area contributed by atoms with Crippen LogP contribution >= 0.6 is 0 Å². The monoisotopic (exact) mass is 379 g/mol. The number of piperidine rings is 1. The fourth-order valence-electron chi connectivity index (χ4n) is 3.67. The predicted octanol–water partition coefficient (Wildman–Crippen LogP) is 1.64. The summed E-state index contributed by atoms with van der Waals surface area (Å²) in [6.45, 7) is 6.40. The zero-order chi connectivity index (χ0) is 18.7. The smallest absolute Gasteiger partial charge is 0.253 e. The number of amides is 1. The number of carbonyl (C=O) groups is 1. The number of benzene rings is 1. The third kappa shape index (κ3) is 4.64. The van der Waals surface area contributed by atoms with E-state index in [-0.39, 0.29) is 11.7 Å². The number of likely N-dealkylation sites (tertiary alicyclic amines) is 1. The molecule has 2 aliphatic heterocycles. The van der Waals surface area contributed by atoms with Gasteiger partial charge < -0.3 is 9.80 Å². The molecule has 3 rings (SSSR count). The first-order valence-corrected chi connectivity index (χ1v) is 11.0. The Morgan fingerprint density at radius 2 is 1.73 bits per heavy atom. The van der Waals surface area contributed by atoms with Crippen molar-refractivity contribution in [3.63, 3.8) is 0 Å². The maximum Gasteiger partial charge on any atom is 0.253 e. The normalized spacial score (nSPS) is 23.2. The number of carbonyl (C=O) groups excluding carboxylic acids is 1. The second-order valence-electron chi connectivity index (χ2n) is 7.65. The minimum absolute atomic E-state index is 0.00800. The molecule has 1 aromatic rings. The Balaban J connectivity index is 1.63. The maximum absolute atomic E-state index is 12.6. The van der Waals surface area contributed by atoms with Gasteiger partial charge in [0.2, 0.25) is 10.0 Å². The summed E-state index contributed by atoms with van der Waals surface area (Å²) in [6, 6.07) is 7.06. The molecule has 1 amide bonds. The van der Waals surface area contributed by atoms with Crippen molar-refractivity contribution in [2.24, 2.45) is 5.92 Å². The van der Waals surface area contributed by atoms with Crippen LogP contribution in [0.5, 0.6) is 0 Å². The Hall–Kier alpha value is -1.44. The number of piperazine rings is 1. The van der Waals surface area contributed by atoms with Crippen LogP contribution in [-0.2, 0) is 15.8 Å². The lowest BCUT2D eigenvalue weighted by atomic mass is 9.99. The van der Waals surface area contributed by atoms with E-state index >= 15 is 0 Å². The average molecular weight is 380 g/mol. The fourth-order valence-corrected chi connectivity index (χ4v) is 5.18. The van der Waals surface area contributed by atoms with Gasteiger partial charge in [-0.05, 0) is 43.5 Å². The molecule has 0 N–H and O–H groups in total. The number of hydrogen-bond acceptors (Lipinski definition) is 4. The quantitative estimate of drug-likeness (QED) is 0.798. The first kappa shape index (κ1) is 19.3. The van der Waals surface area contributed by atoms with Crippen LogP contribution in [0.15, 0.2) is 24.3 Å². The minimum atomic E-state index is -3.31. The Bertz CT molecular complexity index is 725. The first-order valence-electron chi connectivity index (χ1n) is 9.40. The van der Waals surface area contributed by atoms with Gasteiger partial charge in [-0.15, -0.1) is 0 Å². The van der Waals surface area contributed by atoms with E-state index in [0.29, 0.717) is 24.6 Å². The molecule has 26 heavy (non-hydrogen) atoms. The lowest BCUT2D eigenvalue weighted by Gasteiger charge is -2.31. The van der Waals surface area contributed by atoms with Gasteiger partial charge in [0, 0.05) is 44.8 Å². The molecular weight excluding hydrogens is 350 g/mol. The van der Waals surface area contributed by atoms with E-state index in [4.69, 9.17) is 0 Å². The summed E-state index contributed by atoms with van der Waals surface area (Å²) >= 11 is 0. The van der Waals surface area contributed by atoms with Crippen LogP contribution < -0.4 is 0 Å². The van der Waals surface area contributed by atoms with E-state index in [1.807, 2.05) is 11.9 Å². The molecule has 2 fully saturated rings. The summed E-state index contributed by atoms with van der Waals surface area (Å²) in [5, 5.41) is 0. The molecule has 0 radical (unpaired) electrons. The van der Waals surface area contributed by atoms with Gasteiger partial charge in [-0.25, -0.2) is 8.42 Å². The number of rotatable bonds is 4. The molecular formula is C19H29N3O3S. The number of nitrogens with zero attached hydrogens (tertiary/aromatic N) is 3. The number of hydrogen-bond donors (Lipinski definition) is 0. The van der Waals surface area contributed by atoms with E-state index in [1.165, 1.54) is 6.42 Å². The van der Waals surface area contributed by atoms with Crippen LogP contribution in [0.3, 0.4) is 0 Å². The largest absolute Gasteiger partial charge is 0.338 e. The fraction of sp³-hybridized carbons (Fsp3) is 0.632. The lowest BCUT2D eigenvalue weighted by Crippen LogP contribution is -2.47. The molecule has 7 heteroatoms. The SMILES string of the molecule is CC1CCCN(C(=O)c2ccc(CS(=O)(=O)N3CCN(C)CC3)cc2)C1. The van der Waals surface area contributed by atoms with Crippen molar-refractivity contribution < 1.29 is 13.2 Å². The van der Waals surface area contributed by atoms with Crippen LogP contribution in [0, 0.1) is 5.92 Å². The summed E-state index contributed by atoms with van der Waals surface area (Å²) in [4.78, 5) is 16.7. The molecule has 0 aromatic heterocycles. The van der Waals surface area contributed by atoms with Gasteiger partial charge in [-0.3, -0.25) is 4.79 Å². The highest BCUT2D eigenvalue weighted by Gasteiger charge is 2.26. The molecule has 0 bridgehead atoms. The summed E-state index contributed by atoms with van der Waals surface area (Å²) in [6.07, 6.45) is 2.22. The van der Waals surface area contributed by atoms with Gasteiger partial charge in [-0.2, -0.15) is 4.31 Å². The third-order valence-electron chi connectivity index (χ3n) is 5.35. The van der Waals surface area contributed by atoms with Gasteiger partial charge in [0.15, 0.2) is 0 Å². The topological polar surface area (TPSA) is 60.9 Å². The van der Waals surface area contributed by atoms with Crippen molar-refractivity contribution in [1.82, 2.24) is 14.1 Å². The highest BCUT2D eigenvalue weighted by atomic mass is 32.2. The second kappa shape index (κ2) is 8.06. The zero-order valence-corrected chi connectivity index (χ0v) is 16.5. The second-order valence-corrected chi connectivity index (χ2v) is 9.62. The van der Waals surface area contributed by atoms with Gasteiger partial charge >= 0.3 is 0 Å². The molecule has 0 aliphatic carbocycles. The molecule has 2 aliphatic rings. The Morgan fingerprint density at radius 3 is 2.35 bits per heavy atom. The predicted molar refractivity (Wildman–Crippen MR) is 102 cm³/mol. The molecule has 2 heterocycles. The Labute approximate surface area is 156 Å². The minimum Gasteiger partial charge on any atom is -0.338 e. The lowest BCUT2D eigenvalue weighted by molar-refractivity contribution is 0.0683. The molecule has 144 valence electrons. The molecule has 1 unspecified atom stereocenters. The van der Waals surface area contributed by atoms with Crippen molar-refractivity contribution >= 4 is 15.9 Å². The highest BCUT2D eigenvalue weighted by Crippen LogP contribution is 2.19. The van der Waals surface area contributed by atoms with Crippen LogP contribution in [0.2, 0.25) is 0 Å². The van der Waals surface area contributed by atoms with Crippen molar-refractivity contribution in [2.45, 2.75) is 25.5 Å². The van der Waals surface area contributed by atoms with Crippen LogP contribution in [0.1, 0.15) is 35.7 Å². The summed E-state index contributed by atoms with van der Waals surface area (Å²) < 4.78 is 26.8. The maximum atomic E-state index is 12.6. The van der Waals surface area contributed by atoms with Gasteiger partial charge in [-0.1, -0.05) is 19.1 Å². The van der Waals surface area contributed by atoms with E-state index in [2.05, 4.69) is 11.8 Å². The van der Waals surface area contributed by atoms with E-state index < -0.39 is 10.0 Å². The molecule has 0 spiro atoms. The van der Waals surface area contributed by atoms with Crippen molar-refractivity contribution in [3.05, 3.63) is 35.4 Å². The van der Waals surface area contributed by atoms with Crippen molar-refractivity contribution in [2.75, 3.05) is 46.3 Å². The number of likely N-dealkylation sites (N-methyl/N-ethyl adjacent to an activating group) is 1. The molecule has 6 nitrogen and oxygen atoms in total. The first-order chi connectivity index (χ1) is 12.3. The van der Waals surface area contributed by atoms with Crippen molar-refractivity contribution in [1.29, 1.82) is 0 Å². The Kier molecular flexibility index (Phi) is 5.99. The molecule has 1 aromatic carbocycles. The van der Waals surface area contributed by atoms with Gasteiger partial charge in [0.25, 0.3) is 5.91 Å². The van der Waals surface area contributed by atoms with Crippen LogP contribution in [0.4, 0.5) is 0 Å². The summed E-state index contributed by atoms with van der Waals surface area (Å²) in [7, 11) is -1.31. The van der Waals surface area contributed by atoms with E-state index in [9.17, 15) is 13.2 Å². The summed E-state index contributed by atoms with van der Waals surface area (Å²) in [5.41, 5.74) is 1.37. The van der Waals surface area contributed by atoms with E-state index in [0.717, 1.165) is 38.2 Å². The molecule has 0 saturated carbocycles. The van der Waals surface area contributed by atoms with Crippen molar-refractivity contribution in [3.8, 4) is 0 Å². The molecule has 2 saturated heterocycles. The Morgan fingerprint density at radius 1 is 1.08 bits per heavy atom. The molecule has 1 atom stereocenters. The average Bonchev–Trinajstić information content (AvgIpc) is 2.62. The zero-order valence-electron chi connectivity index (χ0n) is 15.7. The summed E-state index contributed by atoms with van der Waals surface area (Å²) in [5.74, 6) is 0.581. The number of sulfonamides is 1. The van der Waals surface area contributed by atoms with Gasteiger partial charge in [0.1, 0.15) is 0 Å². The van der Waals surface area contributed by atoms with Gasteiger partial charge in [0.05, 0.1) is 5.75 Å². The third-order valence-corrected chi connectivity index (χ3v) is 7.20. The standard InChI is InChI=1S/C19H29N3O3S/c1-16-4-3-9-21(14-16)19(23)18-7-5-17(6-8-18)15-26(24,25)22-12-10-20(2)11-13-22/h5-8,16H,3-4,9-15H2,1-2H3.